The minimum absolute atomic E-state index is 0.191. The summed E-state index contributed by atoms with van der Waals surface area (Å²) in [6.45, 7) is 2.97. The first kappa shape index (κ1) is 15.1. The summed E-state index contributed by atoms with van der Waals surface area (Å²) in [6, 6.07) is 9.49. The summed E-state index contributed by atoms with van der Waals surface area (Å²) < 4.78 is 24.1. The third-order valence-corrected chi connectivity index (χ3v) is 6.42. The summed E-state index contributed by atoms with van der Waals surface area (Å²) >= 11 is 1.26. The van der Waals surface area contributed by atoms with Crippen LogP contribution in [0.25, 0.3) is 10.6 Å². The lowest BCUT2D eigenvalue weighted by Gasteiger charge is -2.14. The second kappa shape index (κ2) is 5.99. The van der Waals surface area contributed by atoms with Crippen molar-refractivity contribution in [1.29, 1.82) is 0 Å². The fourth-order valence-electron chi connectivity index (χ4n) is 1.61. The molecule has 108 valence electrons. The molecule has 0 bridgehead atoms. The van der Waals surface area contributed by atoms with Gasteiger partial charge in [-0.2, -0.15) is 0 Å². The molecular formula is C13H16N2O3S2. The third kappa shape index (κ3) is 3.41. The summed E-state index contributed by atoms with van der Waals surface area (Å²) in [6.07, 6.45) is -0.901. The Morgan fingerprint density at radius 2 is 1.85 bits per heavy atom. The van der Waals surface area contributed by atoms with Crippen molar-refractivity contribution in [3.8, 4) is 10.6 Å². The van der Waals surface area contributed by atoms with Crippen molar-refractivity contribution in [2.45, 2.75) is 31.0 Å². The van der Waals surface area contributed by atoms with Crippen LogP contribution in [0, 0.1) is 0 Å². The highest BCUT2D eigenvalue weighted by Crippen LogP contribution is 2.25. The molecule has 7 heteroatoms. The first-order valence-electron chi connectivity index (χ1n) is 6.17. The molecule has 0 radical (unpaired) electrons. The molecule has 1 N–H and O–H groups in total. The van der Waals surface area contributed by atoms with Crippen molar-refractivity contribution in [2.24, 2.45) is 0 Å². The number of rotatable bonds is 5. The van der Waals surface area contributed by atoms with Gasteiger partial charge in [-0.05, 0) is 13.8 Å². The van der Waals surface area contributed by atoms with Crippen molar-refractivity contribution in [1.82, 2.24) is 10.2 Å². The van der Waals surface area contributed by atoms with E-state index in [1.54, 1.807) is 0 Å². The van der Waals surface area contributed by atoms with Crippen LogP contribution < -0.4 is 0 Å². The molecule has 0 aliphatic carbocycles. The highest BCUT2D eigenvalue weighted by Gasteiger charge is 2.27. The van der Waals surface area contributed by atoms with Gasteiger partial charge in [0.05, 0.1) is 11.4 Å². The number of hydrogen-bond acceptors (Lipinski definition) is 6. The van der Waals surface area contributed by atoms with Gasteiger partial charge in [-0.3, -0.25) is 0 Å². The van der Waals surface area contributed by atoms with E-state index in [4.69, 9.17) is 0 Å². The molecule has 1 aromatic carbocycles. The number of hydrogen-bond donors (Lipinski definition) is 1. The Morgan fingerprint density at radius 3 is 2.45 bits per heavy atom. The first-order valence-corrected chi connectivity index (χ1v) is 8.71. The number of aromatic nitrogens is 2. The van der Waals surface area contributed by atoms with Crippen LogP contribution in [0.4, 0.5) is 0 Å². The monoisotopic (exact) mass is 312 g/mol. The highest BCUT2D eigenvalue weighted by atomic mass is 32.2. The minimum Gasteiger partial charge on any atom is -0.392 e. The topological polar surface area (TPSA) is 80.1 Å². The summed E-state index contributed by atoms with van der Waals surface area (Å²) in [7, 11) is -3.42. The van der Waals surface area contributed by atoms with Crippen molar-refractivity contribution in [3.63, 3.8) is 0 Å². The summed E-state index contributed by atoms with van der Waals surface area (Å²) in [5, 5.41) is 17.7. The molecule has 5 nitrogen and oxygen atoms in total. The zero-order valence-electron chi connectivity index (χ0n) is 11.2. The van der Waals surface area contributed by atoms with E-state index in [9.17, 15) is 13.5 Å². The van der Waals surface area contributed by atoms with E-state index in [0.29, 0.717) is 10.0 Å². The second-order valence-corrected chi connectivity index (χ2v) is 8.04. The van der Waals surface area contributed by atoms with Crippen molar-refractivity contribution in [3.05, 3.63) is 35.3 Å². The van der Waals surface area contributed by atoms with Crippen LogP contribution in [0.5, 0.6) is 0 Å². The maximum absolute atomic E-state index is 12.1. The SMILES string of the molecule is C[C@H]([C@@H](C)O)S(=O)(=O)Cc1nnc(-c2ccccc2)s1. The number of sulfone groups is 1. The standard InChI is InChI=1S/C13H16N2O3S2/c1-9(16)10(2)20(17,18)8-12-14-15-13(19-12)11-6-4-3-5-7-11/h3-7,9-10,16H,8H2,1-2H3/t9-,10-/m1/s1. The normalized spacial score (nSPS) is 14.9. The maximum Gasteiger partial charge on any atom is 0.162 e. The molecule has 2 atom stereocenters. The molecule has 0 fully saturated rings. The van der Waals surface area contributed by atoms with Crippen molar-refractivity contribution < 1.29 is 13.5 Å². The molecular weight excluding hydrogens is 296 g/mol. The molecule has 0 aliphatic heterocycles. The molecule has 1 aromatic heterocycles. The van der Waals surface area contributed by atoms with E-state index in [0.717, 1.165) is 5.56 Å². The van der Waals surface area contributed by atoms with E-state index in [1.165, 1.54) is 25.2 Å². The lowest BCUT2D eigenvalue weighted by molar-refractivity contribution is 0.193. The number of nitrogens with zero attached hydrogens (tertiary/aromatic N) is 2. The minimum atomic E-state index is -3.42. The summed E-state index contributed by atoms with van der Waals surface area (Å²) in [5.74, 6) is -0.191. The average Bonchev–Trinajstić information content (AvgIpc) is 2.86. The number of aliphatic hydroxyl groups is 1. The van der Waals surface area contributed by atoms with Crippen molar-refractivity contribution >= 4 is 21.2 Å². The van der Waals surface area contributed by atoms with E-state index in [1.807, 2.05) is 30.3 Å². The Balaban J connectivity index is 2.19. The molecule has 2 aromatic rings. The number of aliphatic hydroxyl groups excluding tert-OH is 1. The van der Waals surface area contributed by atoms with Crippen molar-refractivity contribution in [2.75, 3.05) is 0 Å². The Kier molecular flexibility index (Phi) is 4.52. The van der Waals surface area contributed by atoms with E-state index < -0.39 is 21.2 Å². The fraction of sp³-hybridized carbons (Fsp3) is 0.385. The van der Waals surface area contributed by atoms with Crippen LogP contribution in [0.3, 0.4) is 0 Å². The Morgan fingerprint density at radius 1 is 1.20 bits per heavy atom. The predicted molar refractivity (Wildman–Crippen MR) is 79.1 cm³/mol. The van der Waals surface area contributed by atoms with Crippen LogP contribution >= 0.6 is 11.3 Å². The summed E-state index contributed by atoms with van der Waals surface area (Å²) in [5.41, 5.74) is 0.914. The molecule has 0 amide bonds. The first-order chi connectivity index (χ1) is 9.40. The molecule has 0 unspecified atom stereocenters. The molecule has 2 rings (SSSR count). The van der Waals surface area contributed by atoms with Gasteiger partial charge in [-0.15, -0.1) is 10.2 Å². The molecule has 1 heterocycles. The van der Waals surface area contributed by atoms with Crippen LogP contribution in [0.15, 0.2) is 30.3 Å². The maximum atomic E-state index is 12.1. The molecule has 0 saturated heterocycles. The Labute approximate surface area is 122 Å². The van der Waals surface area contributed by atoms with Crippen LogP contribution in [0.2, 0.25) is 0 Å². The van der Waals surface area contributed by atoms with Gasteiger partial charge in [0.25, 0.3) is 0 Å². The molecule has 20 heavy (non-hydrogen) atoms. The van der Waals surface area contributed by atoms with Crippen LogP contribution in [-0.4, -0.2) is 35.1 Å². The number of benzene rings is 1. The Hall–Kier alpha value is -1.31. The van der Waals surface area contributed by atoms with Gasteiger partial charge in [-0.1, -0.05) is 41.7 Å². The van der Waals surface area contributed by atoms with Gasteiger partial charge >= 0.3 is 0 Å². The fourth-order valence-corrected chi connectivity index (χ4v) is 4.25. The average molecular weight is 312 g/mol. The van der Waals surface area contributed by atoms with Gasteiger partial charge in [0.1, 0.15) is 15.8 Å². The summed E-state index contributed by atoms with van der Waals surface area (Å²) in [4.78, 5) is 0. The van der Waals surface area contributed by atoms with Gasteiger partial charge < -0.3 is 5.11 Å². The second-order valence-electron chi connectivity index (χ2n) is 4.62. The van der Waals surface area contributed by atoms with Gasteiger partial charge in [-0.25, -0.2) is 8.42 Å². The van der Waals surface area contributed by atoms with Gasteiger partial charge in [0, 0.05) is 5.56 Å². The van der Waals surface area contributed by atoms with E-state index >= 15 is 0 Å². The lowest BCUT2D eigenvalue weighted by Crippen LogP contribution is -2.30. The quantitative estimate of drug-likeness (QED) is 0.912. The lowest BCUT2D eigenvalue weighted by atomic mass is 10.2. The molecule has 0 aliphatic rings. The van der Waals surface area contributed by atoms with Gasteiger partial charge in [0.15, 0.2) is 9.84 Å². The molecule has 0 spiro atoms. The zero-order chi connectivity index (χ0) is 14.8. The van der Waals surface area contributed by atoms with Crippen LogP contribution in [-0.2, 0) is 15.6 Å². The van der Waals surface area contributed by atoms with Crippen LogP contribution in [0.1, 0.15) is 18.9 Å². The Bertz CT molecular complexity index is 666. The van der Waals surface area contributed by atoms with E-state index in [2.05, 4.69) is 10.2 Å². The highest BCUT2D eigenvalue weighted by molar-refractivity contribution is 7.91. The third-order valence-electron chi connectivity index (χ3n) is 3.06. The smallest absolute Gasteiger partial charge is 0.162 e. The predicted octanol–water partition coefficient (Wildman–Crippen LogP) is 1.89. The van der Waals surface area contributed by atoms with Gasteiger partial charge in [0.2, 0.25) is 0 Å². The zero-order valence-corrected chi connectivity index (χ0v) is 12.9. The van der Waals surface area contributed by atoms with E-state index in [-0.39, 0.29) is 5.75 Å². The molecule has 0 saturated carbocycles. The largest absolute Gasteiger partial charge is 0.392 e.